The zero-order valence-corrected chi connectivity index (χ0v) is 21.2. The van der Waals surface area contributed by atoms with Crippen LogP contribution in [-0.2, 0) is 9.59 Å². The molecule has 1 saturated carbocycles. The van der Waals surface area contributed by atoms with Gasteiger partial charge in [0.1, 0.15) is 11.1 Å². The Labute approximate surface area is 219 Å². The van der Waals surface area contributed by atoms with E-state index in [0.29, 0.717) is 37.0 Å². The molecular weight excluding hydrogens is 488 g/mol. The Kier molecular flexibility index (Phi) is 6.88. The molecule has 3 aromatic rings. The molecule has 2 aromatic carbocycles. The number of anilines is 1. The number of ketones is 1. The van der Waals surface area contributed by atoms with E-state index in [4.69, 9.17) is 4.42 Å². The van der Waals surface area contributed by atoms with Crippen LogP contribution in [0.4, 0.5) is 11.4 Å². The molecule has 5 rings (SSSR count). The summed E-state index contributed by atoms with van der Waals surface area (Å²) < 4.78 is 5.71. The molecule has 2 N–H and O–H groups in total. The van der Waals surface area contributed by atoms with Crippen LogP contribution in [0.15, 0.2) is 52.9 Å². The minimum Gasteiger partial charge on any atom is -0.451 e. The van der Waals surface area contributed by atoms with Gasteiger partial charge in [-0.05, 0) is 50.5 Å². The van der Waals surface area contributed by atoms with E-state index in [1.807, 2.05) is 23.1 Å². The number of carbonyl (C=O) groups excluding carboxylic acids is 3. The van der Waals surface area contributed by atoms with Crippen molar-refractivity contribution in [2.45, 2.75) is 57.0 Å². The summed E-state index contributed by atoms with van der Waals surface area (Å²) in [4.78, 5) is 52.3. The molecule has 1 unspecified atom stereocenters. The number of furan rings is 1. The lowest BCUT2D eigenvalue weighted by atomic mass is 9.80. The third kappa shape index (κ3) is 4.98. The number of nitro groups is 1. The summed E-state index contributed by atoms with van der Waals surface area (Å²) in [7, 11) is 0. The second-order valence-corrected chi connectivity index (χ2v) is 10.2. The van der Waals surface area contributed by atoms with E-state index < -0.39 is 22.4 Å². The molecule has 2 heterocycles. The van der Waals surface area contributed by atoms with Crippen molar-refractivity contribution >= 4 is 39.9 Å². The van der Waals surface area contributed by atoms with Gasteiger partial charge in [0.15, 0.2) is 11.5 Å². The largest absolute Gasteiger partial charge is 0.451 e. The molecule has 1 saturated heterocycles. The van der Waals surface area contributed by atoms with Crippen LogP contribution in [0.1, 0.15) is 54.6 Å². The molecule has 10 heteroatoms. The van der Waals surface area contributed by atoms with Gasteiger partial charge in [0, 0.05) is 29.2 Å². The molecule has 0 spiro atoms. The van der Waals surface area contributed by atoms with Crippen molar-refractivity contribution in [1.82, 2.24) is 10.6 Å². The van der Waals surface area contributed by atoms with Gasteiger partial charge in [0.25, 0.3) is 11.6 Å². The number of carbonyl (C=O) groups is 3. The van der Waals surface area contributed by atoms with Gasteiger partial charge in [-0.15, -0.1) is 0 Å². The molecule has 2 aliphatic rings. The van der Waals surface area contributed by atoms with Crippen molar-refractivity contribution in [2.75, 3.05) is 18.0 Å². The highest BCUT2D eigenvalue weighted by molar-refractivity contribution is 6.01. The number of nitro benzene ring substituents is 1. The topological polar surface area (TPSA) is 135 Å². The molecule has 2 amide bonds. The second kappa shape index (κ2) is 10.3. The minimum absolute atomic E-state index is 0.0321. The Morgan fingerprint density at radius 2 is 1.87 bits per heavy atom. The van der Waals surface area contributed by atoms with E-state index in [2.05, 4.69) is 10.6 Å². The van der Waals surface area contributed by atoms with Gasteiger partial charge in [-0.1, -0.05) is 37.5 Å². The van der Waals surface area contributed by atoms with Crippen molar-refractivity contribution in [1.29, 1.82) is 0 Å². The zero-order chi connectivity index (χ0) is 26.9. The monoisotopic (exact) mass is 518 g/mol. The fourth-order valence-electron chi connectivity index (χ4n) is 5.47. The molecule has 0 bridgehead atoms. The molecule has 198 valence electrons. The molecule has 1 aromatic heterocycles. The predicted molar refractivity (Wildman–Crippen MR) is 141 cm³/mol. The summed E-state index contributed by atoms with van der Waals surface area (Å²) in [5, 5.41) is 17.8. The van der Waals surface area contributed by atoms with Crippen LogP contribution >= 0.6 is 0 Å². The average Bonchev–Trinajstić information content (AvgIpc) is 3.35. The smallest absolute Gasteiger partial charge is 0.287 e. The number of fused-ring (bicyclic) bond motifs is 1. The van der Waals surface area contributed by atoms with Gasteiger partial charge in [-0.3, -0.25) is 24.5 Å². The number of Topliss-reactive ketones (excluding diaryl/α,β-unsaturated/α-hetero) is 1. The lowest BCUT2D eigenvalue weighted by Gasteiger charge is -2.39. The Morgan fingerprint density at radius 3 is 2.55 bits per heavy atom. The molecule has 10 nitrogen and oxygen atoms in total. The number of amides is 2. The summed E-state index contributed by atoms with van der Waals surface area (Å²) in [5.41, 5.74) is 0.772. The standard InChI is InChI=1S/C28H30N4O6/c1-18-15-20(9-10-22(18)32(36)37)31-14-11-21(23(33)17-31)29-27(35)28(12-5-2-6-13-28)30-26(34)25-16-19-7-3-4-8-24(19)38-25/h3-4,7-10,15-16,21H,2,5-6,11-14,17H2,1H3,(H,29,35)(H,30,34). The number of benzene rings is 2. The number of para-hydroxylation sites is 1. The molecular formula is C28H30N4O6. The number of hydrogen-bond acceptors (Lipinski definition) is 7. The lowest BCUT2D eigenvalue weighted by molar-refractivity contribution is -0.385. The fraction of sp³-hybridized carbons (Fsp3) is 0.393. The number of rotatable bonds is 6. The van der Waals surface area contributed by atoms with Crippen LogP contribution in [0.3, 0.4) is 0 Å². The molecule has 1 aliphatic carbocycles. The highest BCUT2D eigenvalue weighted by Crippen LogP contribution is 2.31. The van der Waals surface area contributed by atoms with Crippen molar-refractivity contribution in [3.05, 3.63) is 70.0 Å². The van der Waals surface area contributed by atoms with E-state index in [-0.39, 0.29) is 29.7 Å². The van der Waals surface area contributed by atoms with Crippen LogP contribution < -0.4 is 15.5 Å². The van der Waals surface area contributed by atoms with Gasteiger partial charge in [-0.25, -0.2) is 0 Å². The maximum Gasteiger partial charge on any atom is 0.287 e. The molecule has 2 fully saturated rings. The van der Waals surface area contributed by atoms with E-state index in [1.54, 1.807) is 31.2 Å². The Bertz CT molecular complexity index is 1370. The number of hydrogen-bond donors (Lipinski definition) is 2. The fourth-order valence-corrected chi connectivity index (χ4v) is 5.47. The average molecular weight is 519 g/mol. The summed E-state index contributed by atoms with van der Waals surface area (Å²) >= 11 is 0. The number of nitrogens with one attached hydrogen (secondary N) is 2. The minimum atomic E-state index is -1.11. The Balaban J connectivity index is 1.27. The first-order valence-corrected chi connectivity index (χ1v) is 12.9. The summed E-state index contributed by atoms with van der Waals surface area (Å²) in [6, 6.07) is 13.1. The van der Waals surface area contributed by atoms with E-state index in [1.165, 1.54) is 6.07 Å². The van der Waals surface area contributed by atoms with Crippen molar-refractivity contribution < 1.29 is 23.7 Å². The van der Waals surface area contributed by atoms with Crippen LogP contribution in [0.5, 0.6) is 0 Å². The molecule has 0 radical (unpaired) electrons. The first-order valence-electron chi connectivity index (χ1n) is 12.9. The van der Waals surface area contributed by atoms with Crippen LogP contribution in [0.2, 0.25) is 0 Å². The lowest BCUT2D eigenvalue weighted by Crippen LogP contribution is -2.63. The first kappa shape index (κ1) is 25.4. The highest BCUT2D eigenvalue weighted by atomic mass is 16.6. The maximum atomic E-state index is 13.6. The Hall–Kier alpha value is -4.21. The molecule has 1 atom stereocenters. The van der Waals surface area contributed by atoms with Crippen molar-refractivity contribution in [3.8, 4) is 0 Å². The van der Waals surface area contributed by atoms with Gasteiger partial charge in [0.05, 0.1) is 17.5 Å². The van der Waals surface area contributed by atoms with E-state index in [9.17, 15) is 24.5 Å². The predicted octanol–water partition coefficient (Wildman–Crippen LogP) is 4.05. The third-order valence-electron chi connectivity index (χ3n) is 7.61. The maximum absolute atomic E-state index is 13.6. The van der Waals surface area contributed by atoms with Crippen LogP contribution in [-0.4, -0.2) is 47.2 Å². The third-order valence-corrected chi connectivity index (χ3v) is 7.61. The SMILES string of the molecule is Cc1cc(N2CCC(NC(=O)C3(NC(=O)c4cc5ccccc5o4)CCCCC3)C(=O)C2)ccc1[N+](=O)[O-]. The number of aryl methyl sites for hydroxylation is 1. The summed E-state index contributed by atoms with van der Waals surface area (Å²) in [6.07, 6.45) is 3.93. The molecule has 1 aliphatic heterocycles. The highest BCUT2D eigenvalue weighted by Gasteiger charge is 2.43. The van der Waals surface area contributed by atoms with Gasteiger partial charge < -0.3 is 20.0 Å². The normalized spacial score (nSPS) is 19.2. The van der Waals surface area contributed by atoms with Gasteiger partial charge in [-0.2, -0.15) is 0 Å². The second-order valence-electron chi connectivity index (χ2n) is 10.2. The van der Waals surface area contributed by atoms with Crippen molar-refractivity contribution in [2.24, 2.45) is 0 Å². The van der Waals surface area contributed by atoms with Crippen LogP contribution in [0, 0.1) is 17.0 Å². The summed E-state index contributed by atoms with van der Waals surface area (Å²) in [5.74, 6) is -0.797. The summed E-state index contributed by atoms with van der Waals surface area (Å²) in [6.45, 7) is 2.26. The van der Waals surface area contributed by atoms with Gasteiger partial charge in [0.2, 0.25) is 5.91 Å². The van der Waals surface area contributed by atoms with E-state index >= 15 is 0 Å². The first-order chi connectivity index (χ1) is 18.3. The zero-order valence-electron chi connectivity index (χ0n) is 21.2. The quantitative estimate of drug-likeness (QED) is 0.371. The van der Waals surface area contributed by atoms with Crippen molar-refractivity contribution in [3.63, 3.8) is 0 Å². The molecule has 38 heavy (non-hydrogen) atoms. The van der Waals surface area contributed by atoms with Crippen LogP contribution in [0.25, 0.3) is 11.0 Å². The van der Waals surface area contributed by atoms with E-state index in [0.717, 1.165) is 30.3 Å². The van der Waals surface area contributed by atoms with Gasteiger partial charge >= 0.3 is 0 Å². The number of nitrogens with zero attached hydrogens (tertiary/aromatic N) is 2. The Morgan fingerprint density at radius 1 is 1.11 bits per heavy atom. The number of piperidine rings is 1.